The number of halogens is 3. The summed E-state index contributed by atoms with van der Waals surface area (Å²) in [7, 11) is 8.55. The first-order valence-corrected chi connectivity index (χ1v) is 13.4. The first-order chi connectivity index (χ1) is 19.8. The Morgan fingerprint density at radius 3 is 2.61 bits per heavy atom. The van der Waals surface area contributed by atoms with Crippen molar-refractivity contribution in [1.82, 2.24) is 25.9 Å². The van der Waals surface area contributed by atoms with E-state index in [9.17, 15) is 9.65 Å². The van der Waals surface area contributed by atoms with Crippen LogP contribution in [0.15, 0.2) is 66.8 Å². The molecular formula is C28H22BCl2FN8O. The van der Waals surface area contributed by atoms with Crippen LogP contribution in [0.25, 0.3) is 10.9 Å². The van der Waals surface area contributed by atoms with Gasteiger partial charge in [-0.25, -0.2) is 4.98 Å². The number of nitriles is 1. The van der Waals surface area contributed by atoms with Crippen LogP contribution in [0.3, 0.4) is 0 Å². The number of nitrogens with zero attached hydrogens (tertiary/aromatic N) is 4. The molecule has 4 aromatic rings. The molecule has 2 radical (unpaired) electrons. The van der Waals surface area contributed by atoms with E-state index in [1.54, 1.807) is 36.4 Å². The summed E-state index contributed by atoms with van der Waals surface area (Å²) in [4.78, 5) is 8.24. The molecule has 3 heterocycles. The zero-order chi connectivity index (χ0) is 28.7. The number of benzene rings is 2. The van der Waals surface area contributed by atoms with Crippen LogP contribution in [-0.2, 0) is 5.44 Å². The Hall–Kier alpha value is -4.24. The third-order valence-electron chi connectivity index (χ3n) is 6.94. The Morgan fingerprint density at radius 2 is 1.93 bits per heavy atom. The number of hydrogen-bond donors (Lipinski definition) is 4. The third kappa shape index (κ3) is 5.17. The minimum absolute atomic E-state index is 0.295. The van der Waals surface area contributed by atoms with Crippen LogP contribution >= 0.6 is 23.2 Å². The third-order valence-corrected chi connectivity index (χ3v) is 7.53. The van der Waals surface area contributed by atoms with Crippen LogP contribution in [-0.4, -0.2) is 36.0 Å². The van der Waals surface area contributed by atoms with E-state index in [2.05, 4.69) is 37.6 Å². The zero-order valence-corrected chi connectivity index (χ0v) is 23.2. The molecule has 204 valence electrons. The number of aromatic nitrogens is 2. The number of ether oxygens (including phenoxy) is 1. The van der Waals surface area contributed by atoms with E-state index in [1.165, 1.54) is 25.6 Å². The van der Waals surface area contributed by atoms with Gasteiger partial charge in [0.2, 0.25) is 5.95 Å². The maximum Gasteiger partial charge on any atom is 0.212 e. The predicted octanol–water partition coefficient (Wildman–Crippen LogP) is 5.46. The van der Waals surface area contributed by atoms with Crippen LogP contribution in [0.4, 0.5) is 21.5 Å². The van der Waals surface area contributed by atoms with Gasteiger partial charge in [0.25, 0.3) is 0 Å². The molecule has 4 N–H and O–H groups in total. The standard InChI is InChI=1S/C28H22BCl2FN8O/c1-41-23-6-3-17(9-21(23)30)36-26-15(11-33)12-35-27-20(26)8-18(10-22(27)31)37-28(29,16-2-7-25(32)34-13-16)24-14-40(39-38-24)19-4-5-19/h2-3,6-10,12-14,19,37-39H,4-5H2,1H3,(H,35,36). The Balaban J connectivity index is 1.44. The van der Waals surface area contributed by atoms with Gasteiger partial charge in [0.15, 0.2) is 0 Å². The molecule has 6 rings (SSSR count). The normalized spacial score (nSPS) is 16.0. The molecule has 1 unspecified atom stereocenters. The summed E-state index contributed by atoms with van der Waals surface area (Å²) < 4.78 is 19.0. The fourth-order valence-electron chi connectivity index (χ4n) is 4.65. The minimum atomic E-state index is -1.37. The second-order valence-corrected chi connectivity index (χ2v) is 10.5. The van der Waals surface area contributed by atoms with Gasteiger partial charge in [-0.05, 0) is 54.8 Å². The van der Waals surface area contributed by atoms with Crippen LogP contribution in [0, 0.1) is 17.3 Å². The van der Waals surface area contributed by atoms with Crippen LogP contribution < -0.4 is 26.3 Å². The van der Waals surface area contributed by atoms with Crippen LogP contribution in [0.1, 0.15) is 24.0 Å². The molecule has 1 saturated carbocycles. The molecule has 0 bridgehead atoms. The van der Waals surface area contributed by atoms with Crippen molar-refractivity contribution in [2.45, 2.75) is 24.3 Å². The number of fused-ring (bicyclic) bond motifs is 1. The van der Waals surface area contributed by atoms with E-state index < -0.39 is 11.4 Å². The molecule has 13 heteroatoms. The van der Waals surface area contributed by atoms with Gasteiger partial charge in [0.1, 0.15) is 19.7 Å². The molecule has 0 amide bonds. The van der Waals surface area contributed by atoms with Gasteiger partial charge in [0.05, 0.1) is 45.1 Å². The molecule has 2 aromatic heterocycles. The fraction of sp³-hybridized carbons (Fsp3) is 0.179. The van der Waals surface area contributed by atoms with E-state index >= 15 is 0 Å². The molecule has 2 aliphatic rings. The number of nitrogens with one attached hydrogen (secondary N) is 4. The summed E-state index contributed by atoms with van der Waals surface area (Å²) in [5.74, 6) is -0.105. The molecule has 0 saturated heterocycles. The number of methoxy groups -OCH3 is 1. The highest BCUT2D eigenvalue weighted by Crippen LogP contribution is 2.39. The Morgan fingerprint density at radius 1 is 1.12 bits per heavy atom. The number of pyridine rings is 2. The number of anilines is 3. The van der Waals surface area contributed by atoms with Crippen molar-refractivity contribution in [2.24, 2.45) is 0 Å². The summed E-state index contributed by atoms with van der Waals surface area (Å²) >= 11 is 13.1. The van der Waals surface area contributed by atoms with Gasteiger partial charge in [-0.3, -0.25) is 9.99 Å². The predicted molar refractivity (Wildman–Crippen MR) is 157 cm³/mol. The lowest BCUT2D eigenvalue weighted by molar-refractivity contribution is 0.260. The van der Waals surface area contributed by atoms with Crippen molar-refractivity contribution < 1.29 is 9.13 Å². The average molecular weight is 587 g/mol. The van der Waals surface area contributed by atoms with Crippen LogP contribution in [0.2, 0.25) is 10.0 Å². The quantitative estimate of drug-likeness (QED) is 0.158. The van der Waals surface area contributed by atoms with Crippen molar-refractivity contribution in [1.29, 1.82) is 5.26 Å². The summed E-state index contributed by atoms with van der Waals surface area (Å²) in [6.45, 7) is 0. The Labute approximate surface area is 246 Å². The first kappa shape index (κ1) is 27.0. The number of rotatable bonds is 8. The van der Waals surface area contributed by atoms with E-state index in [1.807, 2.05) is 11.2 Å². The lowest BCUT2D eigenvalue weighted by Crippen LogP contribution is -2.45. The van der Waals surface area contributed by atoms with Gasteiger partial charge in [-0.2, -0.15) is 9.65 Å². The largest absolute Gasteiger partial charge is 0.495 e. The van der Waals surface area contributed by atoms with Crippen LogP contribution in [0.5, 0.6) is 5.75 Å². The molecule has 1 fully saturated rings. The van der Waals surface area contributed by atoms with E-state index in [0.717, 1.165) is 12.8 Å². The van der Waals surface area contributed by atoms with Gasteiger partial charge in [-0.1, -0.05) is 29.3 Å². The van der Waals surface area contributed by atoms with Crippen molar-refractivity contribution in [2.75, 3.05) is 17.7 Å². The van der Waals surface area contributed by atoms with E-state index in [-0.39, 0.29) is 0 Å². The maximum absolute atomic E-state index is 13.7. The Kier molecular flexibility index (Phi) is 6.99. The van der Waals surface area contributed by atoms with Crippen molar-refractivity contribution in [3.8, 4) is 11.8 Å². The summed E-state index contributed by atoms with van der Waals surface area (Å²) in [5, 5.41) is 19.8. The molecule has 41 heavy (non-hydrogen) atoms. The van der Waals surface area contributed by atoms with Gasteiger partial charge in [0, 0.05) is 41.4 Å². The molecule has 1 aliphatic carbocycles. The molecule has 0 spiro atoms. The van der Waals surface area contributed by atoms with Gasteiger partial charge in [-0.15, -0.1) is 5.53 Å². The number of hydrazine groups is 2. The fourth-order valence-corrected chi connectivity index (χ4v) is 5.18. The summed E-state index contributed by atoms with van der Waals surface area (Å²) in [5.41, 5.74) is 8.38. The molecular weight excluding hydrogens is 565 g/mol. The highest BCUT2D eigenvalue weighted by atomic mass is 35.5. The average Bonchev–Trinajstić information content (AvgIpc) is 3.69. The second-order valence-electron chi connectivity index (χ2n) is 9.71. The maximum atomic E-state index is 13.7. The lowest BCUT2D eigenvalue weighted by atomic mass is 9.70. The SMILES string of the molecule is [B]C(Nc1cc(Cl)c2ncc(C#N)c(Nc3ccc(OC)c(Cl)c3)c2c1)(C1=CN(C2CC2)NN1)c1ccc(F)nc1. The lowest BCUT2D eigenvalue weighted by Gasteiger charge is -2.34. The zero-order valence-electron chi connectivity index (χ0n) is 21.7. The molecule has 9 nitrogen and oxygen atoms in total. The molecule has 2 aromatic carbocycles. The van der Waals surface area contributed by atoms with E-state index in [4.69, 9.17) is 35.8 Å². The highest BCUT2D eigenvalue weighted by Gasteiger charge is 2.38. The number of hydrogen-bond acceptors (Lipinski definition) is 9. The highest BCUT2D eigenvalue weighted by molar-refractivity contribution is 6.36. The monoisotopic (exact) mass is 586 g/mol. The Bertz CT molecular complexity index is 1730. The molecule has 1 aliphatic heterocycles. The molecule has 1 atom stereocenters. The van der Waals surface area contributed by atoms with E-state index in [0.29, 0.717) is 66.6 Å². The van der Waals surface area contributed by atoms with Gasteiger partial charge < -0.3 is 20.8 Å². The second kappa shape index (κ2) is 10.6. The van der Waals surface area contributed by atoms with Crippen molar-refractivity contribution >= 4 is 59.0 Å². The topological polar surface area (TPSA) is 110 Å². The summed E-state index contributed by atoms with van der Waals surface area (Å²) in [6.07, 6.45) is 6.84. The van der Waals surface area contributed by atoms with Crippen molar-refractivity contribution in [3.05, 3.63) is 93.9 Å². The smallest absolute Gasteiger partial charge is 0.212 e. The first-order valence-electron chi connectivity index (χ1n) is 12.6. The summed E-state index contributed by atoms with van der Waals surface area (Å²) in [6, 6.07) is 14.0. The minimum Gasteiger partial charge on any atom is -0.495 e. The van der Waals surface area contributed by atoms with Gasteiger partial charge >= 0.3 is 0 Å². The van der Waals surface area contributed by atoms with Crippen molar-refractivity contribution in [3.63, 3.8) is 0 Å².